The van der Waals surface area contributed by atoms with Crippen molar-refractivity contribution < 1.29 is 36.6 Å². The van der Waals surface area contributed by atoms with E-state index in [9.17, 15) is 22.8 Å². The molecule has 0 radical (unpaired) electrons. The molecule has 2 saturated heterocycles. The van der Waals surface area contributed by atoms with Gasteiger partial charge in [0.1, 0.15) is 22.8 Å². The van der Waals surface area contributed by atoms with Crippen LogP contribution in [0.5, 0.6) is 5.75 Å². The summed E-state index contributed by atoms with van der Waals surface area (Å²) in [6, 6.07) is 4.86. The number of carbonyl (C=O) groups is 2. The number of H-pyrrole nitrogens is 1. The Morgan fingerprint density at radius 2 is 1.67 bits per heavy atom. The Kier molecular flexibility index (Phi) is 7.29. The number of nitrogens with zero attached hydrogens (tertiary/aromatic N) is 3. The van der Waals surface area contributed by atoms with Gasteiger partial charge in [0, 0.05) is 54.3 Å². The third kappa shape index (κ3) is 5.88. The number of benzene rings is 1. The van der Waals surface area contributed by atoms with Crippen LogP contribution in [0.2, 0.25) is 0 Å². The van der Waals surface area contributed by atoms with E-state index in [0.717, 1.165) is 35.2 Å². The number of hydrogen-bond donors (Lipinski definition) is 1. The maximum absolute atomic E-state index is 15.5. The van der Waals surface area contributed by atoms with Gasteiger partial charge in [0.2, 0.25) is 0 Å². The summed E-state index contributed by atoms with van der Waals surface area (Å²) >= 11 is 0. The average molecular weight is 603 g/mol. The molecule has 2 aromatic heterocycles. The van der Waals surface area contributed by atoms with E-state index in [1.54, 1.807) is 9.80 Å². The second-order valence-electron chi connectivity index (χ2n) is 12.7. The number of amides is 2. The molecule has 230 valence electrons. The second kappa shape index (κ2) is 10.7. The summed E-state index contributed by atoms with van der Waals surface area (Å²) in [5, 5.41) is 0.818. The highest BCUT2D eigenvalue weighted by atomic mass is 19.4. The van der Waals surface area contributed by atoms with Crippen LogP contribution in [-0.4, -0.2) is 69.9 Å². The van der Waals surface area contributed by atoms with Crippen LogP contribution in [0.3, 0.4) is 0 Å². The van der Waals surface area contributed by atoms with E-state index in [1.165, 1.54) is 18.3 Å². The monoisotopic (exact) mass is 602 g/mol. The first-order valence-electron chi connectivity index (χ1n) is 14.6. The molecule has 12 heteroatoms. The van der Waals surface area contributed by atoms with Crippen molar-refractivity contribution in [3.63, 3.8) is 0 Å². The fourth-order valence-electron chi connectivity index (χ4n) is 6.89. The van der Waals surface area contributed by atoms with Crippen molar-refractivity contribution in [3.05, 3.63) is 58.7 Å². The topological polar surface area (TPSA) is 87.8 Å². The fourth-order valence-corrected chi connectivity index (χ4v) is 6.89. The van der Waals surface area contributed by atoms with Gasteiger partial charge in [-0.1, -0.05) is 0 Å². The molecule has 43 heavy (non-hydrogen) atoms. The van der Waals surface area contributed by atoms with E-state index in [1.807, 2.05) is 20.8 Å². The molecule has 2 aliphatic heterocycles. The largest absolute Gasteiger partial charge is 0.573 e. The van der Waals surface area contributed by atoms with Gasteiger partial charge in [-0.15, -0.1) is 13.2 Å². The molecule has 4 heterocycles. The zero-order valence-corrected chi connectivity index (χ0v) is 24.3. The van der Waals surface area contributed by atoms with Crippen molar-refractivity contribution in [1.82, 2.24) is 19.8 Å². The van der Waals surface area contributed by atoms with Gasteiger partial charge in [-0.05, 0) is 88.1 Å². The zero-order valence-electron chi connectivity index (χ0n) is 24.3. The number of alkyl halides is 3. The molecule has 6 rings (SSSR count). The molecule has 3 aromatic rings. The lowest BCUT2D eigenvalue weighted by atomic mass is 9.86. The lowest BCUT2D eigenvalue weighted by molar-refractivity contribution is -0.274. The summed E-state index contributed by atoms with van der Waals surface area (Å²) in [5.74, 6) is -0.751. The quantitative estimate of drug-likeness (QED) is 0.345. The minimum absolute atomic E-state index is 0.127. The molecule has 0 spiro atoms. The van der Waals surface area contributed by atoms with Gasteiger partial charge < -0.3 is 24.3 Å². The number of halogens is 4. The number of aromatic nitrogens is 2. The number of rotatable bonds is 3. The molecule has 2 amide bonds. The molecular weight excluding hydrogens is 568 g/mol. The number of hydrogen-bond acceptors (Lipinski definition) is 5. The average Bonchev–Trinajstić information content (AvgIpc) is 3.47. The van der Waals surface area contributed by atoms with E-state index >= 15 is 4.39 Å². The van der Waals surface area contributed by atoms with E-state index in [4.69, 9.17) is 4.74 Å². The predicted molar refractivity (Wildman–Crippen MR) is 149 cm³/mol. The number of nitrogens with one attached hydrogen (secondary N) is 1. The smallest absolute Gasteiger partial charge is 0.444 e. The van der Waals surface area contributed by atoms with E-state index in [-0.39, 0.29) is 41.1 Å². The van der Waals surface area contributed by atoms with Crippen molar-refractivity contribution >= 4 is 23.0 Å². The molecule has 8 nitrogen and oxygen atoms in total. The Hall–Kier alpha value is -3.83. The number of pyridine rings is 1. The maximum atomic E-state index is 15.5. The summed E-state index contributed by atoms with van der Waals surface area (Å²) in [7, 11) is 0. The molecule has 1 aliphatic carbocycles. The first-order valence-corrected chi connectivity index (χ1v) is 14.6. The van der Waals surface area contributed by atoms with Crippen molar-refractivity contribution in [2.75, 3.05) is 26.2 Å². The van der Waals surface area contributed by atoms with Gasteiger partial charge >= 0.3 is 12.5 Å². The molecule has 2 fully saturated rings. The van der Waals surface area contributed by atoms with Gasteiger partial charge in [-0.3, -0.25) is 4.79 Å². The Morgan fingerprint density at radius 1 is 1.00 bits per heavy atom. The molecule has 1 aromatic carbocycles. The van der Waals surface area contributed by atoms with Crippen LogP contribution < -0.4 is 4.74 Å². The first-order chi connectivity index (χ1) is 20.3. The van der Waals surface area contributed by atoms with Crippen LogP contribution in [0.25, 0.3) is 11.0 Å². The number of carbonyl (C=O) groups excluding carboxylic acids is 2. The van der Waals surface area contributed by atoms with Crippen LogP contribution in [0.15, 0.2) is 30.5 Å². The number of piperidine rings is 2. The number of fused-ring (bicyclic) bond motifs is 5. The molecule has 2 atom stereocenters. The van der Waals surface area contributed by atoms with Crippen molar-refractivity contribution in [2.24, 2.45) is 5.92 Å². The normalized spacial score (nSPS) is 21.1. The minimum atomic E-state index is -4.81. The maximum Gasteiger partial charge on any atom is 0.573 e. The molecule has 3 aliphatic rings. The molecule has 0 bridgehead atoms. The third-order valence-corrected chi connectivity index (χ3v) is 8.70. The fraction of sp³-hybridized carbons (Fsp3) is 0.516. The SMILES string of the molecule is CC(C)(C)OC(=O)N1CCC2c3[nH]c4ncc(F)c(C5CCN(C(=O)c6ccc(OC(F)(F)F)cc6)CC5)c4c3CC2C1. The van der Waals surface area contributed by atoms with E-state index in [0.29, 0.717) is 56.7 Å². The van der Waals surface area contributed by atoms with E-state index < -0.39 is 17.7 Å². The predicted octanol–water partition coefficient (Wildman–Crippen LogP) is 6.52. The van der Waals surface area contributed by atoms with Crippen LogP contribution in [0, 0.1) is 11.7 Å². The zero-order chi connectivity index (χ0) is 30.7. The van der Waals surface area contributed by atoms with Crippen molar-refractivity contribution in [2.45, 2.75) is 70.3 Å². The number of likely N-dealkylation sites (tertiary alicyclic amines) is 2. The van der Waals surface area contributed by atoms with Gasteiger partial charge in [0.05, 0.1) is 6.20 Å². The van der Waals surface area contributed by atoms with Crippen molar-refractivity contribution in [1.29, 1.82) is 0 Å². The summed E-state index contributed by atoms with van der Waals surface area (Å²) in [6.45, 7) is 7.48. The van der Waals surface area contributed by atoms with Crippen molar-refractivity contribution in [3.8, 4) is 5.75 Å². The standard InChI is InChI=1S/C31H34F4N4O4/c1-30(2,3)43-29(41)39-13-10-21-19(16-39)14-22-25-24(23(32)15-36-27(25)37-26(21)22)17-8-11-38(12-9-17)28(40)18-4-6-20(7-5-18)42-31(33,34)35/h4-7,15,17,19,21H,8-14,16H2,1-3H3,(H,36,37). The minimum Gasteiger partial charge on any atom is -0.444 e. The molecule has 1 N–H and O–H groups in total. The Labute approximate surface area is 246 Å². The highest BCUT2D eigenvalue weighted by Gasteiger charge is 2.42. The van der Waals surface area contributed by atoms with Crippen LogP contribution in [-0.2, 0) is 11.2 Å². The highest BCUT2D eigenvalue weighted by Crippen LogP contribution is 2.48. The Bertz CT molecular complexity index is 1540. The van der Waals surface area contributed by atoms with Crippen LogP contribution in [0.4, 0.5) is 22.4 Å². The summed E-state index contributed by atoms with van der Waals surface area (Å²) in [6.07, 6.45) is -1.29. The molecule has 0 saturated carbocycles. The lowest BCUT2D eigenvalue weighted by Crippen LogP contribution is -2.44. The number of aromatic amines is 1. The van der Waals surface area contributed by atoms with Gasteiger partial charge in [-0.25, -0.2) is 14.2 Å². The second-order valence-corrected chi connectivity index (χ2v) is 12.7. The van der Waals surface area contributed by atoms with E-state index in [2.05, 4.69) is 14.7 Å². The van der Waals surface area contributed by atoms with Crippen LogP contribution in [0.1, 0.15) is 79.0 Å². The number of ether oxygens (including phenoxy) is 2. The van der Waals surface area contributed by atoms with Gasteiger partial charge in [0.15, 0.2) is 0 Å². The first kappa shape index (κ1) is 29.3. The third-order valence-electron chi connectivity index (χ3n) is 8.70. The summed E-state index contributed by atoms with van der Waals surface area (Å²) < 4.78 is 62.4. The highest BCUT2D eigenvalue weighted by molar-refractivity contribution is 5.94. The molecule has 2 unspecified atom stereocenters. The lowest BCUT2D eigenvalue weighted by Gasteiger charge is -2.36. The Morgan fingerprint density at radius 3 is 2.33 bits per heavy atom. The van der Waals surface area contributed by atoms with Crippen LogP contribution >= 0.6 is 0 Å². The van der Waals surface area contributed by atoms with Gasteiger partial charge in [-0.2, -0.15) is 0 Å². The summed E-state index contributed by atoms with van der Waals surface area (Å²) in [4.78, 5) is 37.0. The summed E-state index contributed by atoms with van der Waals surface area (Å²) in [5.41, 5.74) is 3.11. The van der Waals surface area contributed by atoms with Gasteiger partial charge in [0.25, 0.3) is 5.91 Å². The molecular formula is C31H34F4N4O4. The Balaban J connectivity index is 1.17.